The number of sulfone groups is 1. The summed E-state index contributed by atoms with van der Waals surface area (Å²) in [7, 11) is -3.27. The van der Waals surface area contributed by atoms with Crippen molar-refractivity contribution in [2.45, 2.75) is 17.6 Å². The third-order valence-corrected chi connectivity index (χ3v) is 3.97. The highest BCUT2D eigenvalue weighted by atomic mass is 32.2. The lowest BCUT2D eigenvalue weighted by Gasteiger charge is -2.03. The zero-order chi connectivity index (χ0) is 11.6. The average molecular weight is 236 g/mol. The number of aromatic nitrogens is 2. The van der Waals surface area contributed by atoms with Crippen molar-refractivity contribution in [1.29, 1.82) is 0 Å². The number of H-pyrrole nitrogens is 1. The van der Waals surface area contributed by atoms with Crippen LogP contribution in [0.25, 0.3) is 0 Å². The first kappa shape index (κ1) is 10.9. The first-order valence-electron chi connectivity index (χ1n) is 4.85. The van der Waals surface area contributed by atoms with Gasteiger partial charge in [-0.05, 0) is 25.1 Å². The van der Waals surface area contributed by atoms with Crippen LogP contribution in [0.5, 0.6) is 0 Å². The molecule has 16 heavy (non-hydrogen) atoms. The van der Waals surface area contributed by atoms with Crippen LogP contribution >= 0.6 is 0 Å². The van der Waals surface area contributed by atoms with E-state index in [2.05, 4.69) is 10.2 Å². The molecule has 4 nitrogen and oxygen atoms in total. The van der Waals surface area contributed by atoms with Crippen molar-refractivity contribution in [2.24, 2.45) is 0 Å². The molecule has 0 amide bonds. The van der Waals surface area contributed by atoms with Gasteiger partial charge in [-0.1, -0.05) is 17.7 Å². The molecule has 0 bridgehead atoms. The van der Waals surface area contributed by atoms with Gasteiger partial charge in [-0.2, -0.15) is 5.10 Å². The third-order valence-electron chi connectivity index (χ3n) is 2.28. The van der Waals surface area contributed by atoms with E-state index in [1.54, 1.807) is 36.5 Å². The Labute approximate surface area is 94.2 Å². The van der Waals surface area contributed by atoms with Crippen LogP contribution in [0.3, 0.4) is 0 Å². The highest BCUT2D eigenvalue weighted by Crippen LogP contribution is 2.15. The minimum absolute atomic E-state index is 0.0456. The lowest BCUT2D eigenvalue weighted by molar-refractivity contribution is 0.594. The maximum absolute atomic E-state index is 12.0. The fraction of sp³-hybridized carbons (Fsp3) is 0.182. The maximum Gasteiger partial charge on any atom is 0.184 e. The van der Waals surface area contributed by atoms with Gasteiger partial charge in [0.05, 0.1) is 16.3 Å². The molecule has 5 heteroatoms. The van der Waals surface area contributed by atoms with Gasteiger partial charge in [0.2, 0.25) is 0 Å². The molecule has 2 aromatic rings. The van der Waals surface area contributed by atoms with E-state index in [-0.39, 0.29) is 5.75 Å². The normalized spacial score (nSPS) is 11.6. The summed E-state index contributed by atoms with van der Waals surface area (Å²) in [6.07, 6.45) is 1.54. The Morgan fingerprint density at radius 3 is 2.44 bits per heavy atom. The fourth-order valence-corrected chi connectivity index (χ4v) is 2.69. The van der Waals surface area contributed by atoms with Crippen LogP contribution in [0, 0.1) is 6.92 Å². The summed E-state index contributed by atoms with van der Waals surface area (Å²) < 4.78 is 23.9. The van der Waals surface area contributed by atoms with E-state index in [1.165, 1.54) is 0 Å². The van der Waals surface area contributed by atoms with Gasteiger partial charge in [-0.25, -0.2) is 8.42 Å². The summed E-state index contributed by atoms with van der Waals surface area (Å²) >= 11 is 0. The Hall–Kier alpha value is -1.62. The summed E-state index contributed by atoms with van der Waals surface area (Å²) in [6.45, 7) is 1.92. The van der Waals surface area contributed by atoms with Crippen LogP contribution in [-0.2, 0) is 15.6 Å². The van der Waals surface area contributed by atoms with E-state index in [9.17, 15) is 8.42 Å². The monoisotopic (exact) mass is 236 g/mol. The molecule has 2 rings (SSSR count). The molecular formula is C11H12N2O2S. The standard InChI is InChI=1S/C11H12N2O2S/c1-9-2-4-11(5-3-9)16(14,15)8-10-6-7-12-13-10/h2-7H,8H2,1H3,(H,12,13). The summed E-state index contributed by atoms with van der Waals surface area (Å²) in [5.41, 5.74) is 1.64. The van der Waals surface area contributed by atoms with Crippen molar-refractivity contribution in [2.75, 3.05) is 0 Å². The van der Waals surface area contributed by atoms with Gasteiger partial charge < -0.3 is 0 Å². The summed E-state index contributed by atoms with van der Waals surface area (Å²) in [5, 5.41) is 6.37. The Balaban J connectivity index is 2.29. The molecule has 0 aliphatic carbocycles. The molecule has 0 radical (unpaired) electrons. The number of benzene rings is 1. The fourth-order valence-electron chi connectivity index (χ4n) is 1.40. The van der Waals surface area contributed by atoms with Crippen LogP contribution in [-0.4, -0.2) is 18.6 Å². The predicted octanol–water partition coefficient (Wildman–Crippen LogP) is 1.69. The quantitative estimate of drug-likeness (QED) is 0.882. The zero-order valence-electron chi connectivity index (χ0n) is 8.84. The van der Waals surface area contributed by atoms with Crippen molar-refractivity contribution in [3.63, 3.8) is 0 Å². The van der Waals surface area contributed by atoms with Crippen molar-refractivity contribution in [3.05, 3.63) is 47.8 Å². The molecule has 1 aromatic carbocycles. The molecule has 0 unspecified atom stereocenters. The lowest BCUT2D eigenvalue weighted by atomic mass is 10.2. The van der Waals surface area contributed by atoms with Crippen molar-refractivity contribution < 1.29 is 8.42 Å². The molecule has 1 aromatic heterocycles. The molecule has 0 aliphatic heterocycles. The Morgan fingerprint density at radius 1 is 1.19 bits per heavy atom. The van der Waals surface area contributed by atoms with Crippen LogP contribution in [0.2, 0.25) is 0 Å². The average Bonchev–Trinajstić information content (AvgIpc) is 2.70. The van der Waals surface area contributed by atoms with Gasteiger partial charge in [-0.3, -0.25) is 5.10 Å². The SMILES string of the molecule is Cc1ccc(S(=O)(=O)Cc2ccn[nH]2)cc1. The molecule has 1 heterocycles. The highest BCUT2D eigenvalue weighted by molar-refractivity contribution is 7.90. The first-order valence-corrected chi connectivity index (χ1v) is 6.51. The molecule has 0 spiro atoms. The minimum atomic E-state index is -3.27. The van der Waals surface area contributed by atoms with E-state index >= 15 is 0 Å². The second kappa shape index (κ2) is 4.09. The molecule has 0 aliphatic rings. The predicted molar refractivity (Wildman–Crippen MR) is 60.7 cm³/mol. The van der Waals surface area contributed by atoms with Gasteiger partial charge in [-0.15, -0.1) is 0 Å². The van der Waals surface area contributed by atoms with Crippen LogP contribution < -0.4 is 0 Å². The molecule has 84 valence electrons. The molecule has 0 fully saturated rings. The number of aryl methyl sites for hydroxylation is 1. The highest BCUT2D eigenvalue weighted by Gasteiger charge is 2.15. The molecule has 0 saturated heterocycles. The van der Waals surface area contributed by atoms with Gasteiger partial charge in [0.15, 0.2) is 9.84 Å². The second-order valence-corrected chi connectivity index (χ2v) is 5.64. The number of nitrogens with one attached hydrogen (secondary N) is 1. The van der Waals surface area contributed by atoms with Gasteiger partial charge in [0.25, 0.3) is 0 Å². The Kier molecular flexibility index (Phi) is 2.78. The molecular weight excluding hydrogens is 224 g/mol. The largest absolute Gasteiger partial charge is 0.282 e. The van der Waals surface area contributed by atoms with E-state index in [0.717, 1.165) is 5.56 Å². The molecule has 0 saturated carbocycles. The third kappa shape index (κ3) is 2.30. The summed E-state index contributed by atoms with van der Waals surface area (Å²) in [4.78, 5) is 0.340. The van der Waals surface area contributed by atoms with E-state index in [1.807, 2.05) is 6.92 Å². The maximum atomic E-state index is 12.0. The van der Waals surface area contributed by atoms with Gasteiger partial charge in [0.1, 0.15) is 0 Å². The summed E-state index contributed by atoms with van der Waals surface area (Å²) in [6, 6.07) is 8.49. The first-order chi connectivity index (χ1) is 7.58. The van der Waals surface area contributed by atoms with Crippen LogP contribution in [0.15, 0.2) is 41.4 Å². The van der Waals surface area contributed by atoms with Crippen LogP contribution in [0.4, 0.5) is 0 Å². The lowest BCUT2D eigenvalue weighted by Crippen LogP contribution is -2.05. The zero-order valence-corrected chi connectivity index (χ0v) is 9.66. The van der Waals surface area contributed by atoms with Crippen molar-refractivity contribution >= 4 is 9.84 Å². The Morgan fingerprint density at radius 2 is 1.88 bits per heavy atom. The van der Waals surface area contributed by atoms with E-state index in [0.29, 0.717) is 10.6 Å². The summed E-state index contributed by atoms with van der Waals surface area (Å²) in [5.74, 6) is -0.0456. The second-order valence-electron chi connectivity index (χ2n) is 3.65. The van der Waals surface area contributed by atoms with E-state index in [4.69, 9.17) is 0 Å². The molecule has 1 N–H and O–H groups in total. The number of hydrogen-bond donors (Lipinski definition) is 1. The minimum Gasteiger partial charge on any atom is -0.282 e. The Bertz CT molecular complexity index is 557. The van der Waals surface area contributed by atoms with Crippen molar-refractivity contribution in [3.8, 4) is 0 Å². The molecule has 0 atom stereocenters. The smallest absolute Gasteiger partial charge is 0.184 e. The topological polar surface area (TPSA) is 62.8 Å². The number of aromatic amines is 1. The number of hydrogen-bond acceptors (Lipinski definition) is 3. The van der Waals surface area contributed by atoms with E-state index < -0.39 is 9.84 Å². The van der Waals surface area contributed by atoms with Crippen LogP contribution in [0.1, 0.15) is 11.3 Å². The number of rotatable bonds is 3. The van der Waals surface area contributed by atoms with Crippen molar-refractivity contribution in [1.82, 2.24) is 10.2 Å². The van der Waals surface area contributed by atoms with Gasteiger partial charge in [0, 0.05) is 6.20 Å². The van der Waals surface area contributed by atoms with Gasteiger partial charge >= 0.3 is 0 Å². The number of nitrogens with zero attached hydrogens (tertiary/aromatic N) is 1.